The molecule has 1 atom stereocenters. The highest BCUT2D eigenvalue weighted by molar-refractivity contribution is 7.90. The molecule has 41 heavy (non-hydrogen) atoms. The molecule has 0 saturated heterocycles. The molecule has 1 aliphatic rings. The lowest BCUT2D eigenvalue weighted by molar-refractivity contribution is -0.137. The van der Waals surface area contributed by atoms with Crippen molar-refractivity contribution in [3.05, 3.63) is 138 Å². The van der Waals surface area contributed by atoms with Gasteiger partial charge in [-0.05, 0) is 41.3 Å². The second-order valence-corrected chi connectivity index (χ2v) is 12.2. The zero-order chi connectivity index (χ0) is 28.6. The van der Waals surface area contributed by atoms with Crippen molar-refractivity contribution >= 4 is 43.5 Å². The molecule has 0 fully saturated rings. The van der Waals surface area contributed by atoms with Gasteiger partial charge >= 0.3 is 5.97 Å². The van der Waals surface area contributed by atoms with E-state index in [9.17, 15) is 22.7 Å². The van der Waals surface area contributed by atoms with E-state index in [4.69, 9.17) is 4.42 Å². The molecule has 0 radical (unpaired) electrons. The summed E-state index contributed by atoms with van der Waals surface area (Å²) in [6.45, 7) is -1.10. The standard InChI is InChI=1S/C33H26FNO5S/c34-26-11-6-8-23(20-26)21-35(22-31(36)37)41(38,39)33(18-16-25(17-19-33)24-9-2-1-3-10-24)29-14-7-13-28-27-12-4-5-15-30(27)40-32(28)29/h1-18,20H,19,21-22H2,(H,36,37). The first kappa shape index (κ1) is 26.7. The molecule has 0 spiro atoms. The predicted octanol–water partition coefficient (Wildman–Crippen LogP) is 6.88. The summed E-state index contributed by atoms with van der Waals surface area (Å²) in [5, 5.41) is 11.4. The summed E-state index contributed by atoms with van der Waals surface area (Å²) >= 11 is 0. The zero-order valence-electron chi connectivity index (χ0n) is 21.9. The Bertz CT molecular complexity index is 1940. The maximum absolute atomic E-state index is 14.8. The van der Waals surface area contributed by atoms with Crippen LogP contribution in [0.3, 0.4) is 0 Å². The van der Waals surface area contributed by atoms with Gasteiger partial charge in [-0.2, -0.15) is 4.31 Å². The van der Waals surface area contributed by atoms with Gasteiger partial charge in [-0.25, -0.2) is 12.8 Å². The molecule has 0 aliphatic heterocycles. The van der Waals surface area contributed by atoms with Gasteiger partial charge in [0.1, 0.15) is 28.3 Å². The van der Waals surface area contributed by atoms with Crippen LogP contribution in [0.4, 0.5) is 4.39 Å². The molecule has 6 nitrogen and oxygen atoms in total. The van der Waals surface area contributed by atoms with Gasteiger partial charge in [0.2, 0.25) is 10.0 Å². The third-order valence-electron chi connectivity index (χ3n) is 7.48. The Labute approximate surface area is 236 Å². The van der Waals surface area contributed by atoms with E-state index in [1.807, 2.05) is 66.7 Å². The number of benzene rings is 4. The van der Waals surface area contributed by atoms with Crippen LogP contribution in [0.25, 0.3) is 27.5 Å². The average molecular weight is 568 g/mol. The van der Waals surface area contributed by atoms with Crippen LogP contribution in [-0.4, -0.2) is 30.3 Å². The van der Waals surface area contributed by atoms with Crippen LogP contribution >= 0.6 is 0 Å². The van der Waals surface area contributed by atoms with Crippen molar-refractivity contribution in [2.75, 3.05) is 6.54 Å². The van der Waals surface area contributed by atoms with Crippen molar-refractivity contribution in [3.63, 3.8) is 0 Å². The molecule has 0 saturated carbocycles. The molecule has 1 N–H and O–H groups in total. The summed E-state index contributed by atoms with van der Waals surface area (Å²) in [5.41, 5.74) is 3.55. The number of halogens is 1. The van der Waals surface area contributed by atoms with Crippen molar-refractivity contribution in [1.82, 2.24) is 4.31 Å². The van der Waals surface area contributed by atoms with Crippen molar-refractivity contribution in [2.45, 2.75) is 17.7 Å². The Balaban J connectivity index is 1.56. The highest BCUT2D eigenvalue weighted by Gasteiger charge is 2.49. The topological polar surface area (TPSA) is 87.8 Å². The van der Waals surface area contributed by atoms with E-state index in [-0.39, 0.29) is 13.0 Å². The van der Waals surface area contributed by atoms with Crippen molar-refractivity contribution in [2.24, 2.45) is 0 Å². The quantitative estimate of drug-likeness (QED) is 0.221. The largest absolute Gasteiger partial charge is 0.480 e. The van der Waals surface area contributed by atoms with Crippen molar-refractivity contribution in [1.29, 1.82) is 0 Å². The summed E-state index contributed by atoms with van der Waals surface area (Å²) in [4.78, 5) is 12.0. The molecular weight excluding hydrogens is 541 g/mol. The number of fused-ring (bicyclic) bond motifs is 3. The number of carbonyl (C=O) groups is 1. The van der Waals surface area contributed by atoms with Gasteiger partial charge in [0.15, 0.2) is 0 Å². The van der Waals surface area contributed by atoms with Crippen LogP contribution in [0.15, 0.2) is 120 Å². The molecule has 1 heterocycles. The van der Waals surface area contributed by atoms with Crippen LogP contribution in [-0.2, 0) is 26.1 Å². The Morgan fingerprint density at radius 1 is 0.927 bits per heavy atom. The molecule has 0 amide bonds. The summed E-state index contributed by atoms with van der Waals surface area (Å²) in [5.74, 6) is -1.85. The van der Waals surface area contributed by atoms with E-state index >= 15 is 0 Å². The van der Waals surface area contributed by atoms with Gasteiger partial charge in [-0.1, -0.05) is 97.1 Å². The fourth-order valence-electron chi connectivity index (χ4n) is 5.52. The third-order valence-corrected chi connectivity index (χ3v) is 9.87. The Hall–Kier alpha value is -4.53. The number of hydrogen-bond donors (Lipinski definition) is 1. The van der Waals surface area contributed by atoms with Gasteiger partial charge in [-0.15, -0.1) is 0 Å². The van der Waals surface area contributed by atoms with Gasteiger partial charge in [0, 0.05) is 22.9 Å². The van der Waals surface area contributed by atoms with Gasteiger partial charge in [-0.3, -0.25) is 4.79 Å². The fraction of sp³-hybridized carbons (Fsp3) is 0.121. The predicted molar refractivity (Wildman–Crippen MR) is 157 cm³/mol. The lowest BCUT2D eigenvalue weighted by Gasteiger charge is -2.37. The minimum absolute atomic E-state index is 0.0332. The number of carboxylic acids is 1. The molecule has 5 aromatic rings. The van der Waals surface area contributed by atoms with Crippen LogP contribution in [0.5, 0.6) is 0 Å². The first-order valence-electron chi connectivity index (χ1n) is 13.1. The highest BCUT2D eigenvalue weighted by Crippen LogP contribution is 2.47. The number of sulfonamides is 1. The Morgan fingerprint density at radius 2 is 1.66 bits per heavy atom. The second kappa shape index (κ2) is 10.5. The van der Waals surface area contributed by atoms with Gasteiger partial charge in [0.05, 0.1) is 0 Å². The third kappa shape index (κ3) is 4.75. The van der Waals surface area contributed by atoms with E-state index in [1.165, 1.54) is 18.2 Å². The highest BCUT2D eigenvalue weighted by atomic mass is 32.2. The number of nitrogens with zero attached hydrogens (tertiary/aromatic N) is 1. The minimum Gasteiger partial charge on any atom is -0.480 e. The Kier molecular flexibility index (Phi) is 6.81. The first-order valence-corrected chi connectivity index (χ1v) is 14.5. The van der Waals surface area contributed by atoms with Gasteiger partial charge in [0.25, 0.3) is 0 Å². The zero-order valence-corrected chi connectivity index (χ0v) is 22.7. The number of carboxylic acid groups (broad SMARTS) is 1. The van der Waals surface area contributed by atoms with E-state index in [1.54, 1.807) is 30.4 Å². The summed E-state index contributed by atoms with van der Waals surface area (Å²) in [7, 11) is -4.44. The van der Waals surface area contributed by atoms with E-state index in [0.717, 1.165) is 26.2 Å². The van der Waals surface area contributed by atoms with Crippen LogP contribution in [0, 0.1) is 5.82 Å². The molecule has 4 aromatic carbocycles. The second-order valence-electron chi connectivity index (χ2n) is 10.0. The van der Waals surface area contributed by atoms with E-state index in [0.29, 0.717) is 22.3 Å². The number of para-hydroxylation sites is 2. The number of furan rings is 1. The normalized spacial score (nSPS) is 17.3. The monoisotopic (exact) mass is 567 g/mol. The van der Waals surface area contributed by atoms with Crippen molar-refractivity contribution in [3.8, 4) is 0 Å². The SMILES string of the molecule is O=C(O)CN(Cc1cccc(F)c1)S(=O)(=O)C1(c2cccc3c2oc2ccccc23)C=CC(c2ccccc2)=CC1. The number of aliphatic carboxylic acids is 1. The molecule has 1 unspecified atom stereocenters. The summed E-state index contributed by atoms with van der Waals surface area (Å²) < 4.78 is 49.1. The lowest BCUT2D eigenvalue weighted by atomic mass is 9.86. The molecule has 8 heteroatoms. The maximum atomic E-state index is 14.8. The number of allylic oxidation sites excluding steroid dienone is 3. The van der Waals surface area contributed by atoms with Gasteiger partial charge < -0.3 is 9.52 Å². The maximum Gasteiger partial charge on any atom is 0.318 e. The molecular formula is C33H26FNO5S. The van der Waals surface area contributed by atoms with E-state index in [2.05, 4.69) is 0 Å². The smallest absolute Gasteiger partial charge is 0.318 e. The molecule has 1 aromatic heterocycles. The van der Waals surface area contributed by atoms with Crippen molar-refractivity contribution < 1.29 is 27.1 Å². The molecule has 1 aliphatic carbocycles. The summed E-state index contributed by atoms with van der Waals surface area (Å²) in [6, 6.07) is 28.0. The fourth-order valence-corrected chi connectivity index (χ4v) is 7.56. The number of rotatable bonds is 8. The van der Waals surface area contributed by atoms with E-state index < -0.39 is 33.1 Å². The number of hydrogen-bond acceptors (Lipinski definition) is 4. The lowest BCUT2D eigenvalue weighted by Crippen LogP contribution is -2.47. The van der Waals surface area contributed by atoms with Crippen LogP contribution in [0.2, 0.25) is 0 Å². The molecule has 6 rings (SSSR count). The van der Waals surface area contributed by atoms with Crippen LogP contribution in [0.1, 0.15) is 23.1 Å². The molecule has 0 bridgehead atoms. The summed E-state index contributed by atoms with van der Waals surface area (Å²) in [6.07, 6.45) is 5.28. The minimum atomic E-state index is -4.44. The van der Waals surface area contributed by atoms with Crippen LogP contribution < -0.4 is 0 Å². The first-order chi connectivity index (χ1) is 19.8. The molecule has 206 valence electrons. The average Bonchev–Trinajstić information content (AvgIpc) is 3.36. The Morgan fingerprint density at radius 3 is 2.39 bits per heavy atom.